The van der Waals surface area contributed by atoms with Gasteiger partial charge in [0.25, 0.3) is 0 Å². The number of carboxylic acids is 2. The largest absolute Gasteiger partial charge is 0.481 e. The van der Waals surface area contributed by atoms with Crippen LogP contribution in [0.1, 0.15) is 108 Å². The SMILES string of the molecule is CSCC[C@H](NC(=O)CNC(=O)[C@H](Cc1ccccc1)NC(=O)[C@H](Cc1cnc[nH]1)NC(=O)[C@H](CCCCN)NC(C)=O)C(=O)N[C@@H](CC(C)C)C(=O)N[C@@H](CCCN=C(N)N)C(=O)N[C@@H](CCCN=C(N)N)C(=O)N[C@@H](Cc1c[nH]c2ccccc12)C(=O)N[C@@H](CC(=O)O)C(=O)N[C@@H](CC(=O)O)C(N)=O. The molecule has 0 saturated heterocycles. The topological polar surface area (TPSA) is 637 Å². The second-order valence-corrected chi connectivity index (χ2v) is 26.3. The summed E-state index contributed by atoms with van der Waals surface area (Å²) >= 11 is 1.33. The van der Waals surface area contributed by atoms with Crippen molar-refractivity contribution in [1.29, 1.82) is 0 Å². The summed E-state index contributed by atoms with van der Waals surface area (Å²) in [5, 5.41) is 47.9. The number of nitrogens with two attached hydrogens (primary N) is 6. The predicted octanol–water partition coefficient (Wildman–Crippen LogP) is -4.63. The number of hydrogen-bond donors (Lipinski definition) is 21. The Hall–Kier alpha value is -11.4. The third-order valence-electron chi connectivity index (χ3n) is 16.1. The minimum absolute atomic E-state index is 0.00273. The molecule has 0 bridgehead atoms. The summed E-state index contributed by atoms with van der Waals surface area (Å²) in [5.74, 6) is -14.9. The molecule has 0 aliphatic carbocycles. The average molecular weight is 1500 g/mol. The number of primary amides is 1. The zero-order chi connectivity index (χ0) is 78.4. The van der Waals surface area contributed by atoms with E-state index in [1.165, 1.54) is 37.4 Å². The summed E-state index contributed by atoms with van der Waals surface area (Å²) in [7, 11) is 0. The van der Waals surface area contributed by atoms with E-state index in [1.807, 2.05) is 5.32 Å². The van der Waals surface area contributed by atoms with Crippen LogP contribution in [0.5, 0.6) is 0 Å². The normalized spacial score (nSPS) is 13.8. The van der Waals surface area contributed by atoms with Crippen molar-refractivity contribution in [2.45, 2.75) is 171 Å². The van der Waals surface area contributed by atoms with Crippen LogP contribution >= 0.6 is 11.8 Å². The van der Waals surface area contributed by atoms with Crippen LogP contribution in [0.15, 0.2) is 83.3 Å². The molecule has 4 aromatic rings. The summed E-state index contributed by atoms with van der Waals surface area (Å²) < 4.78 is 0. The number of amides is 12. The second-order valence-electron chi connectivity index (χ2n) is 25.3. The Balaban J connectivity index is 1.63. The molecule has 2 aromatic carbocycles. The first-order valence-electron chi connectivity index (χ1n) is 34.2. The number of para-hydroxylation sites is 1. The lowest BCUT2D eigenvalue weighted by Crippen LogP contribution is -2.60. The van der Waals surface area contributed by atoms with Gasteiger partial charge < -0.3 is 113 Å². The molecular weight excluding hydrogens is 1400 g/mol. The standard InChI is InChI=1S/C67H100N22O16S/c1-36(2)26-48(85-61(101)46(21-25-106-4)81-53(91)34-78-57(97)49(27-38-14-6-5-7-15-38)86-64(104)51(29-40-33-74-35-79-40)88-58(98)43(80-37(3)90)18-10-11-22-68)62(102)83-44(19-12-23-75-66(70)71)59(99)82-45(20-13-24-76-67(72)73)60(100)87-50(28-39-32-77-42-17-9-8-16-41(39)42)63(103)89-52(31-55(94)95)65(105)84-47(56(69)96)30-54(92)93/h5-9,14-17,32-33,35-36,43-52,77H,10-13,18-31,34,68H2,1-4H3,(H2,69,96)(H,74,79)(H,78,97)(H,80,90)(H,81,91)(H,82,99)(H,83,102)(H,84,105)(H,85,101)(H,86,104)(H,87,100)(H,88,98)(H,89,103)(H,92,93)(H,94,95)(H4,70,71,75)(H4,72,73,76)/t43-,44-,45-,46-,47-,48-,49-,50-,51-,52-/m0/s1. The van der Waals surface area contributed by atoms with Crippen molar-refractivity contribution in [2.24, 2.45) is 50.3 Å². The quantitative estimate of drug-likeness (QED) is 0.0112. The number of rotatable bonds is 49. The van der Waals surface area contributed by atoms with E-state index in [0.29, 0.717) is 52.9 Å². The van der Waals surface area contributed by atoms with E-state index in [9.17, 15) is 77.3 Å². The zero-order valence-electron chi connectivity index (χ0n) is 59.5. The number of aliphatic carboxylic acids is 2. The van der Waals surface area contributed by atoms with Crippen LogP contribution in [0.3, 0.4) is 0 Å². The van der Waals surface area contributed by atoms with Crippen molar-refractivity contribution in [1.82, 2.24) is 73.4 Å². The number of guanidine groups is 2. The molecule has 0 spiro atoms. The molecule has 4 rings (SSSR count). The van der Waals surface area contributed by atoms with Crippen molar-refractivity contribution in [3.63, 3.8) is 0 Å². The first kappa shape index (κ1) is 87.0. The predicted molar refractivity (Wildman–Crippen MR) is 391 cm³/mol. The maximum absolute atomic E-state index is 14.8. The molecule has 106 heavy (non-hydrogen) atoms. The molecule has 10 atom stereocenters. The van der Waals surface area contributed by atoms with Crippen LogP contribution < -0.4 is 92.9 Å². The molecule has 580 valence electrons. The number of fused-ring (bicyclic) bond motifs is 1. The number of nitrogens with one attached hydrogen (secondary N) is 13. The maximum atomic E-state index is 14.8. The molecule has 27 N–H and O–H groups in total. The van der Waals surface area contributed by atoms with Gasteiger partial charge in [0.05, 0.1) is 25.7 Å². The molecule has 38 nitrogen and oxygen atoms in total. The highest BCUT2D eigenvalue weighted by Gasteiger charge is 2.37. The summed E-state index contributed by atoms with van der Waals surface area (Å²) in [5.41, 5.74) is 35.5. The smallest absolute Gasteiger partial charge is 0.305 e. The molecule has 2 aromatic heterocycles. The fraction of sp³-hybridized carbons (Fsp3) is 0.507. The van der Waals surface area contributed by atoms with Crippen molar-refractivity contribution in [3.05, 3.63) is 90.1 Å². The minimum Gasteiger partial charge on any atom is -0.481 e. The first-order valence-corrected chi connectivity index (χ1v) is 35.6. The number of imidazole rings is 1. The number of carboxylic acid groups (broad SMARTS) is 2. The lowest BCUT2D eigenvalue weighted by Gasteiger charge is -2.28. The van der Waals surface area contributed by atoms with E-state index >= 15 is 0 Å². The number of nitrogens with zero attached hydrogens (tertiary/aromatic N) is 3. The Morgan fingerprint density at radius 2 is 0.972 bits per heavy atom. The van der Waals surface area contributed by atoms with Gasteiger partial charge in [-0.2, -0.15) is 11.8 Å². The summed E-state index contributed by atoms with van der Waals surface area (Å²) in [6.07, 6.45) is 4.28. The number of carbonyl (C=O) groups excluding carboxylic acids is 12. The third kappa shape index (κ3) is 32.1. The molecule has 0 aliphatic heterocycles. The molecule has 12 amide bonds. The van der Waals surface area contributed by atoms with E-state index in [-0.39, 0.29) is 95.1 Å². The number of aliphatic imine (C=N–C) groups is 2. The molecule has 0 aliphatic rings. The maximum Gasteiger partial charge on any atom is 0.305 e. The molecular formula is C67H100N22O16S. The fourth-order valence-electron chi connectivity index (χ4n) is 10.9. The van der Waals surface area contributed by atoms with E-state index in [0.717, 1.165) is 0 Å². The van der Waals surface area contributed by atoms with Gasteiger partial charge in [0.1, 0.15) is 60.4 Å². The number of benzene rings is 2. The highest BCUT2D eigenvalue weighted by atomic mass is 32.2. The minimum atomic E-state index is -1.99. The van der Waals surface area contributed by atoms with Gasteiger partial charge in [-0.1, -0.05) is 62.4 Å². The highest BCUT2D eigenvalue weighted by molar-refractivity contribution is 7.98. The molecule has 0 radical (unpaired) electrons. The number of unbranched alkanes of at least 4 members (excludes halogenated alkanes) is 1. The highest BCUT2D eigenvalue weighted by Crippen LogP contribution is 2.20. The average Bonchev–Trinajstić information content (AvgIpc) is 1.61. The molecule has 0 unspecified atom stereocenters. The van der Waals surface area contributed by atoms with Crippen LogP contribution in [0.4, 0.5) is 0 Å². The number of hydrogen-bond acceptors (Lipinski definition) is 19. The van der Waals surface area contributed by atoms with Crippen molar-refractivity contribution in [2.75, 3.05) is 38.2 Å². The van der Waals surface area contributed by atoms with E-state index in [1.54, 1.807) is 74.7 Å². The number of aromatic nitrogens is 3. The van der Waals surface area contributed by atoms with Gasteiger partial charge in [-0.3, -0.25) is 77.1 Å². The Labute approximate surface area is 615 Å². The molecule has 0 fully saturated rings. The number of thioether (sulfide) groups is 1. The van der Waals surface area contributed by atoms with Gasteiger partial charge in [0.2, 0.25) is 70.9 Å². The first-order chi connectivity index (χ1) is 50.4. The van der Waals surface area contributed by atoms with Crippen LogP contribution in [0, 0.1) is 5.92 Å². The summed E-state index contributed by atoms with van der Waals surface area (Å²) in [6.45, 7) is 4.23. The third-order valence-corrected chi connectivity index (χ3v) is 16.8. The van der Waals surface area contributed by atoms with Gasteiger partial charge in [0, 0.05) is 68.3 Å². The number of aromatic amines is 2. The van der Waals surface area contributed by atoms with Crippen LogP contribution in [0.25, 0.3) is 10.9 Å². The van der Waals surface area contributed by atoms with Gasteiger partial charge in [-0.05, 0) is 99.5 Å². The lowest BCUT2D eigenvalue weighted by atomic mass is 10.0. The van der Waals surface area contributed by atoms with Crippen LogP contribution in [-0.4, -0.2) is 219 Å². The van der Waals surface area contributed by atoms with Crippen molar-refractivity contribution >= 4 is 117 Å². The second kappa shape index (κ2) is 45.7. The van der Waals surface area contributed by atoms with Gasteiger partial charge in [-0.25, -0.2) is 4.98 Å². The number of H-pyrrole nitrogens is 2. The summed E-state index contributed by atoms with van der Waals surface area (Å²) in [4.78, 5) is 209. The molecule has 0 saturated carbocycles. The van der Waals surface area contributed by atoms with Gasteiger partial charge in [0.15, 0.2) is 11.9 Å². The van der Waals surface area contributed by atoms with Crippen molar-refractivity contribution in [3.8, 4) is 0 Å². The monoisotopic (exact) mass is 1500 g/mol. The Kier molecular flexibility index (Phi) is 37.5. The Bertz CT molecular complexity index is 3680. The molecule has 39 heteroatoms. The van der Waals surface area contributed by atoms with Crippen LogP contribution in [-0.2, 0) is 86.4 Å². The lowest BCUT2D eigenvalue weighted by molar-refractivity contribution is -0.143. The Morgan fingerprint density at radius 3 is 1.49 bits per heavy atom. The Morgan fingerprint density at radius 1 is 0.509 bits per heavy atom. The van der Waals surface area contributed by atoms with Crippen molar-refractivity contribution < 1.29 is 77.3 Å². The van der Waals surface area contributed by atoms with Crippen LogP contribution in [0.2, 0.25) is 0 Å². The van der Waals surface area contributed by atoms with E-state index in [2.05, 4.69) is 78.1 Å². The van der Waals surface area contributed by atoms with E-state index in [4.69, 9.17) is 34.4 Å². The number of carbonyl (C=O) groups is 14. The van der Waals surface area contributed by atoms with E-state index < -0.39 is 163 Å². The fourth-order valence-corrected chi connectivity index (χ4v) is 11.3. The van der Waals surface area contributed by atoms with Gasteiger partial charge >= 0.3 is 11.9 Å². The summed E-state index contributed by atoms with van der Waals surface area (Å²) in [6, 6.07) is 0.385. The molecule has 2 heterocycles. The van der Waals surface area contributed by atoms with Gasteiger partial charge in [-0.15, -0.1) is 0 Å². The zero-order valence-corrected chi connectivity index (χ0v) is 60.4.